The monoisotopic (exact) mass is 250 g/mol. The fraction of sp³-hybridized carbons (Fsp3) is 0.571. The van der Waals surface area contributed by atoms with Crippen LogP contribution in [0.15, 0.2) is 24.3 Å². The number of benzene rings is 1. The van der Waals surface area contributed by atoms with Gasteiger partial charge >= 0.3 is 0 Å². The number of hydrogen-bond acceptors (Lipinski definition) is 4. The highest BCUT2D eigenvalue weighted by Crippen LogP contribution is 2.20. The highest BCUT2D eigenvalue weighted by atomic mass is 16.5. The Kier molecular flexibility index (Phi) is 4.58. The van der Waals surface area contributed by atoms with Crippen LogP contribution in [0.5, 0.6) is 0 Å². The molecule has 0 aromatic heterocycles. The van der Waals surface area contributed by atoms with Crippen molar-refractivity contribution in [3.63, 3.8) is 0 Å². The maximum atomic E-state index is 9.23. The van der Waals surface area contributed by atoms with E-state index in [1.165, 1.54) is 11.3 Å². The van der Waals surface area contributed by atoms with Gasteiger partial charge < -0.3 is 20.1 Å². The van der Waals surface area contributed by atoms with Crippen molar-refractivity contribution in [3.05, 3.63) is 29.8 Å². The molecular formula is C14H22N2O2. The van der Waals surface area contributed by atoms with Crippen LogP contribution in [-0.4, -0.2) is 44.1 Å². The molecule has 1 aromatic carbocycles. The Morgan fingerprint density at radius 3 is 2.67 bits per heavy atom. The second-order valence-electron chi connectivity index (χ2n) is 4.85. The molecule has 0 bridgehead atoms. The van der Waals surface area contributed by atoms with Crippen LogP contribution >= 0.6 is 0 Å². The van der Waals surface area contributed by atoms with Crippen molar-refractivity contribution >= 4 is 5.69 Å². The molecule has 0 aliphatic carbocycles. The fourth-order valence-electron chi connectivity index (χ4n) is 2.39. The van der Waals surface area contributed by atoms with Crippen molar-refractivity contribution in [2.45, 2.75) is 25.7 Å². The third-order valence-electron chi connectivity index (χ3n) is 3.21. The fourth-order valence-corrected chi connectivity index (χ4v) is 2.39. The van der Waals surface area contributed by atoms with Crippen molar-refractivity contribution in [2.24, 2.45) is 0 Å². The summed E-state index contributed by atoms with van der Waals surface area (Å²) in [5.74, 6) is 0. The first-order valence-electron chi connectivity index (χ1n) is 6.47. The van der Waals surface area contributed by atoms with Gasteiger partial charge in [-0.25, -0.2) is 0 Å². The van der Waals surface area contributed by atoms with Crippen molar-refractivity contribution in [1.29, 1.82) is 0 Å². The van der Waals surface area contributed by atoms with Crippen LogP contribution in [0.4, 0.5) is 5.69 Å². The summed E-state index contributed by atoms with van der Waals surface area (Å²) in [4.78, 5) is 2.28. The zero-order chi connectivity index (χ0) is 13.0. The molecule has 1 heterocycles. The van der Waals surface area contributed by atoms with Gasteiger partial charge in [0, 0.05) is 25.3 Å². The summed E-state index contributed by atoms with van der Waals surface area (Å²) < 4.78 is 5.65. The summed E-state index contributed by atoms with van der Waals surface area (Å²) in [6.45, 7) is 4.65. The second kappa shape index (κ2) is 6.18. The second-order valence-corrected chi connectivity index (χ2v) is 4.85. The van der Waals surface area contributed by atoms with Crippen LogP contribution < -0.4 is 10.2 Å². The molecule has 1 aliphatic heterocycles. The maximum Gasteiger partial charge on any atom is 0.0984 e. The van der Waals surface area contributed by atoms with Gasteiger partial charge in [0.2, 0.25) is 0 Å². The molecule has 1 aromatic rings. The zero-order valence-corrected chi connectivity index (χ0v) is 11.1. The number of nitrogens with one attached hydrogen (secondary N) is 1. The van der Waals surface area contributed by atoms with Gasteiger partial charge in [-0.15, -0.1) is 0 Å². The molecule has 1 aliphatic rings. The maximum absolute atomic E-state index is 9.23. The third kappa shape index (κ3) is 3.22. The number of anilines is 1. The standard InChI is InChI=1S/C14H22N2O2/c1-11-8-16(9-14(10-17)18-11)13-5-3-12(4-6-13)7-15-2/h3-6,11,14-15,17H,7-10H2,1-2H3. The van der Waals surface area contributed by atoms with E-state index in [2.05, 4.69) is 34.5 Å². The van der Waals surface area contributed by atoms with E-state index in [1.807, 2.05) is 14.0 Å². The Morgan fingerprint density at radius 2 is 2.06 bits per heavy atom. The van der Waals surface area contributed by atoms with Crippen LogP contribution in [0.1, 0.15) is 12.5 Å². The Hall–Kier alpha value is -1.10. The molecule has 18 heavy (non-hydrogen) atoms. The molecule has 2 unspecified atom stereocenters. The van der Waals surface area contributed by atoms with Crippen molar-refractivity contribution in [3.8, 4) is 0 Å². The number of nitrogens with zero attached hydrogens (tertiary/aromatic N) is 1. The minimum absolute atomic E-state index is 0.0780. The van der Waals surface area contributed by atoms with Crippen LogP contribution in [0.3, 0.4) is 0 Å². The topological polar surface area (TPSA) is 44.7 Å². The SMILES string of the molecule is CNCc1ccc(N2CC(C)OC(CO)C2)cc1. The predicted molar refractivity (Wildman–Crippen MR) is 72.8 cm³/mol. The van der Waals surface area contributed by atoms with E-state index < -0.39 is 0 Å². The van der Waals surface area contributed by atoms with Gasteiger partial charge in [-0.2, -0.15) is 0 Å². The average Bonchev–Trinajstić information content (AvgIpc) is 2.39. The van der Waals surface area contributed by atoms with Gasteiger partial charge in [0.05, 0.1) is 18.8 Å². The summed E-state index contributed by atoms with van der Waals surface area (Å²) in [5, 5.41) is 12.4. The summed E-state index contributed by atoms with van der Waals surface area (Å²) >= 11 is 0. The summed E-state index contributed by atoms with van der Waals surface area (Å²) in [7, 11) is 1.95. The largest absolute Gasteiger partial charge is 0.394 e. The number of aliphatic hydroxyl groups excluding tert-OH is 1. The van der Waals surface area contributed by atoms with Crippen LogP contribution in [0, 0.1) is 0 Å². The molecule has 0 amide bonds. The molecule has 1 saturated heterocycles. The van der Waals surface area contributed by atoms with Gasteiger partial charge in [0.15, 0.2) is 0 Å². The first-order valence-corrected chi connectivity index (χ1v) is 6.47. The predicted octanol–water partition coefficient (Wildman–Crippen LogP) is 0.992. The zero-order valence-electron chi connectivity index (χ0n) is 11.1. The van der Waals surface area contributed by atoms with Crippen molar-refractivity contribution in [1.82, 2.24) is 5.32 Å². The number of ether oxygens (including phenoxy) is 1. The summed E-state index contributed by atoms with van der Waals surface area (Å²) in [6.07, 6.45) is 0.0821. The number of rotatable bonds is 4. The van der Waals surface area contributed by atoms with Crippen molar-refractivity contribution in [2.75, 3.05) is 31.6 Å². The van der Waals surface area contributed by atoms with E-state index in [1.54, 1.807) is 0 Å². The van der Waals surface area contributed by atoms with Crippen LogP contribution in [-0.2, 0) is 11.3 Å². The third-order valence-corrected chi connectivity index (χ3v) is 3.21. The van der Waals surface area contributed by atoms with Gasteiger partial charge in [-0.3, -0.25) is 0 Å². The molecule has 0 radical (unpaired) electrons. The molecule has 2 atom stereocenters. The lowest BCUT2D eigenvalue weighted by Crippen LogP contribution is -2.48. The highest BCUT2D eigenvalue weighted by Gasteiger charge is 2.24. The average molecular weight is 250 g/mol. The van der Waals surface area contributed by atoms with E-state index in [4.69, 9.17) is 4.74 Å². The molecule has 4 nitrogen and oxygen atoms in total. The highest BCUT2D eigenvalue weighted by molar-refractivity contribution is 5.48. The molecule has 2 N–H and O–H groups in total. The minimum Gasteiger partial charge on any atom is -0.394 e. The lowest BCUT2D eigenvalue weighted by Gasteiger charge is -2.37. The summed E-state index contributed by atoms with van der Waals surface area (Å²) in [6, 6.07) is 8.55. The lowest BCUT2D eigenvalue weighted by molar-refractivity contribution is -0.0421. The minimum atomic E-state index is -0.0780. The van der Waals surface area contributed by atoms with E-state index in [0.29, 0.717) is 0 Å². The number of morpholine rings is 1. The molecular weight excluding hydrogens is 228 g/mol. The van der Waals surface area contributed by atoms with E-state index in [0.717, 1.165) is 19.6 Å². The summed E-state index contributed by atoms with van der Waals surface area (Å²) in [5.41, 5.74) is 2.48. The van der Waals surface area contributed by atoms with Gasteiger partial charge in [0.25, 0.3) is 0 Å². The first-order chi connectivity index (χ1) is 8.72. The molecule has 4 heteroatoms. The Balaban J connectivity index is 2.05. The normalized spacial score (nSPS) is 24.3. The molecule has 100 valence electrons. The Morgan fingerprint density at radius 1 is 1.33 bits per heavy atom. The van der Waals surface area contributed by atoms with Gasteiger partial charge in [-0.1, -0.05) is 12.1 Å². The Bertz CT molecular complexity index is 367. The molecule has 1 fully saturated rings. The Labute approximate surface area is 109 Å². The van der Waals surface area contributed by atoms with Gasteiger partial charge in [0.1, 0.15) is 0 Å². The number of hydrogen-bond donors (Lipinski definition) is 2. The van der Waals surface area contributed by atoms with Crippen LogP contribution in [0.25, 0.3) is 0 Å². The number of aliphatic hydroxyl groups is 1. The van der Waals surface area contributed by atoms with Gasteiger partial charge in [-0.05, 0) is 31.7 Å². The van der Waals surface area contributed by atoms with E-state index in [9.17, 15) is 5.11 Å². The lowest BCUT2D eigenvalue weighted by atomic mass is 10.1. The van der Waals surface area contributed by atoms with E-state index >= 15 is 0 Å². The van der Waals surface area contributed by atoms with Crippen molar-refractivity contribution < 1.29 is 9.84 Å². The molecule has 2 rings (SSSR count). The smallest absolute Gasteiger partial charge is 0.0984 e. The first kappa shape index (κ1) is 13.3. The molecule has 0 spiro atoms. The van der Waals surface area contributed by atoms with Crippen LogP contribution in [0.2, 0.25) is 0 Å². The van der Waals surface area contributed by atoms with E-state index in [-0.39, 0.29) is 18.8 Å². The quantitative estimate of drug-likeness (QED) is 0.836. The molecule has 0 saturated carbocycles.